The Morgan fingerprint density at radius 3 is 2.23 bits per heavy atom. The molecule has 0 spiro atoms. The van der Waals surface area contributed by atoms with E-state index >= 15 is 0 Å². The summed E-state index contributed by atoms with van der Waals surface area (Å²) >= 11 is 0. The van der Waals surface area contributed by atoms with E-state index in [9.17, 15) is 0 Å². The van der Waals surface area contributed by atoms with E-state index in [2.05, 4.69) is 78.4 Å². The lowest BCUT2D eigenvalue weighted by Crippen LogP contribution is -2.23. The number of benzene rings is 2. The Hall–Kier alpha value is -2.88. The predicted molar refractivity (Wildman–Crippen MR) is 109 cm³/mol. The quantitative estimate of drug-likeness (QED) is 0.668. The number of anilines is 3. The summed E-state index contributed by atoms with van der Waals surface area (Å²) in [7, 11) is 0. The van der Waals surface area contributed by atoms with E-state index in [0.29, 0.717) is 5.95 Å². The molecule has 26 heavy (non-hydrogen) atoms. The summed E-state index contributed by atoms with van der Waals surface area (Å²) in [6.07, 6.45) is 0. The number of aromatic nitrogens is 2. The first-order valence-corrected chi connectivity index (χ1v) is 9.03. The maximum atomic E-state index is 4.76. The molecule has 1 aromatic heterocycles. The van der Waals surface area contributed by atoms with Crippen molar-refractivity contribution in [2.75, 3.05) is 16.8 Å². The molecule has 0 saturated carbocycles. The molecule has 4 nitrogen and oxygen atoms in total. The zero-order chi connectivity index (χ0) is 18.5. The summed E-state index contributed by atoms with van der Waals surface area (Å²) in [4.78, 5) is 11.6. The van der Waals surface area contributed by atoms with Gasteiger partial charge >= 0.3 is 0 Å². The van der Waals surface area contributed by atoms with Crippen molar-refractivity contribution in [2.45, 2.75) is 34.2 Å². The van der Waals surface area contributed by atoms with Crippen LogP contribution in [-0.4, -0.2) is 16.5 Å². The number of nitrogens with zero attached hydrogens (tertiary/aromatic N) is 3. The molecule has 0 unspecified atom stereocenters. The molecule has 3 aromatic rings. The van der Waals surface area contributed by atoms with Gasteiger partial charge in [-0.15, -0.1) is 0 Å². The van der Waals surface area contributed by atoms with Crippen LogP contribution in [0.25, 0.3) is 0 Å². The fraction of sp³-hybridized carbons (Fsp3) is 0.273. The highest BCUT2D eigenvalue weighted by molar-refractivity contribution is 5.58. The molecule has 0 aliphatic heterocycles. The van der Waals surface area contributed by atoms with E-state index in [1.165, 1.54) is 16.7 Å². The fourth-order valence-electron chi connectivity index (χ4n) is 3.10. The second-order valence-electron chi connectivity index (χ2n) is 6.69. The van der Waals surface area contributed by atoms with Gasteiger partial charge in [-0.2, -0.15) is 4.98 Å². The van der Waals surface area contributed by atoms with Crippen LogP contribution in [0.4, 0.5) is 17.5 Å². The van der Waals surface area contributed by atoms with Crippen molar-refractivity contribution in [1.82, 2.24) is 9.97 Å². The Kier molecular flexibility index (Phi) is 5.52. The monoisotopic (exact) mass is 346 g/mol. The minimum atomic E-state index is 0.636. The lowest BCUT2D eigenvalue weighted by atomic mass is 10.1. The number of rotatable bonds is 6. The summed E-state index contributed by atoms with van der Waals surface area (Å²) in [5.74, 6) is 1.58. The number of hydrogen-bond donors (Lipinski definition) is 1. The summed E-state index contributed by atoms with van der Waals surface area (Å²) in [6.45, 7) is 10.1. The van der Waals surface area contributed by atoms with Crippen LogP contribution in [0.2, 0.25) is 0 Å². The third-order valence-corrected chi connectivity index (χ3v) is 4.24. The molecule has 0 atom stereocenters. The Morgan fingerprint density at radius 1 is 0.885 bits per heavy atom. The van der Waals surface area contributed by atoms with Crippen molar-refractivity contribution >= 4 is 17.5 Å². The highest BCUT2D eigenvalue weighted by Gasteiger charge is 2.10. The van der Waals surface area contributed by atoms with Gasteiger partial charge in [0.05, 0.1) is 0 Å². The van der Waals surface area contributed by atoms with Crippen LogP contribution in [-0.2, 0) is 6.54 Å². The van der Waals surface area contributed by atoms with Gasteiger partial charge in [-0.1, -0.05) is 36.4 Å². The number of aryl methyl sites for hydroxylation is 3. The average molecular weight is 346 g/mol. The van der Waals surface area contributed by atoms with E-state index in [1.807, 2.05) is 19.1 Å². The Bertz CT molecular complexity index is 854. The Morgan fingerprint density at radius 2 is 1.58 bits per heavy atom. The van der Waals surface area contributed by atoms with Gasteiger partial charge in [0, 0.05) is 30.5 Å². The molecule has 0 aliphatic carbocycles. The molecule has 3 rings (SSSR count). The molecule has 134 valence electrons. The van der Waals surface area contributed by atoms with E-state index in [-0.39, 0.29) is 0 Å². The molecule has 0 bridgehead atoms. The molecule has 1 heterocycles. The zero-order valence-corrected chi connectivity index (χ0v) is 16.0. The Labute approximate surface area is 155 Å². The standard InChI is InChI=1S/C22H26N4/c1-5-26(15-19-9-7-6-8-10-19)21-14-18(4)23-22(25-21)24-20-12-16(2)11-17(3)13-20/h6-14H,5,15H2,1-4H3,(H,23,24,25). The first kappa shape index (κ1) is 17.9. The lowest BCUT2D eigenvalue weighted by Gasteiger charge is -2.23. The van der Waals surface area contributed by atoms with Crippen molar-refractivity contribution in [2.24, 2.45) is 0 Å². The number of nitrogens with one attached hydrogen (secondary N) is 1. The molecule has 4 heteroatoms. The van der Waals surface area contributed by atoms with E-state index < -0.39 is 0 Å². The highest BCUT2D eigenvalue weighted by Crippen LogP contribution is 2.21. The first-order valence-electron chi connectivity index (χ1n) is 9.03. The smallest absolute Gasteiger partial charge is 0.229 e. The van der Waals surface area contributed by atoms with Crippen molar-refractivity contribution in [3.63, 3.8) is 0 Å². The van der Waals surface area contributed by atoms with Crippen molar-refractivity contribution in [3.05, 3.63) is 77.0 Å². The first-order chi connectivity index (χ1) is 12.5. The normalized spacial score (nSPS) is 10.6. The van der Waals surface area contributed by atoms with Gasteiger partial charge in [-0.05, 0) is 56.5 Å². The average Bonchev–Trinajstić information content (AvgIpc) is 2.59. The topological polar surface area (TPSA) is 41.1 Å². The minimum absolute atomic E-state index is 0.636. The molecule has 0 saturated heterocycles. The van der Waals surface area contributed by atoms with Gasteiger partial charge in [0.1, 0.15) is 5.82 Å². The summed E-state index contributed by atoms with van der Waals surface area (Å²) < 4.78 is 0. The molecule has 1 N–H and O–H groups in total. The van der Waals surface area contributed by atoms with Crippen molar-refractivity contribution in [3.8, 4) is 0 Å². The third kappa shape index (κ3) is 4.60. The van der Waals surface area contributed by atoms with Crippen molar-refractivity contribution in [1.29, 1.82) is 0 Å². The molecule has 0 aliphatic rings. The highest BCUT2D eigenvalue weighted by atomic mass is 15.2. The van der Waals surface area contributed by atoms with E-state index in [4.69, 9.17) is 4.98 Å². The van der Waals surface area contributed by atoms with Gasteiger partial charge in [-0.3, -0.25) is 0 Å². The molecule has 0 fully saturated rings. The van der Waals surface area contributed by atoms with E-state index in [0.717, 1.165) is 30.3 Å². The van der Waals surface area contributed by atoms with Gasteiger partial charge in [-0.25, -0.2) is 4.98 Å². The molecular weight excluding hydrogens is 320 g/mol. The minimum Gasteiger partial charge on any atom is -0.352 e. The number of hydrogen-bond acceptors (Lipinski definition) is 4. The third-order valence-electron chi connectivity index (χ3n) is 4.24. The largest absolute Gasteiger partial charge is 0.352 e. The van der Waals surface area contributed by atoms with Gasteiger partial charge in [0.15, 0.2) is 0 Å². The van der Waals surface area contributed by atoms with Crippen LogP contribution in [0.5, 0.6) is 0 Å². The molecule has 0 radical (unpaired) electrons. The maximum absolute atomic E-state index is 4.76. The van der Waals surface area contributed by atoms with Crippen LogP contribution >= 0.6 is 0 Å². The maximum Gasteiger partial charge on any atom is 0.229 e. The second kappa shape index (κ2) is 8.00. The molecule has 0 amide bonds. The van der Waals surface area contributed by atoms with Crippen molar-refractivity contribution < 1.29 is 0 Å². The molecular formula is C22H26N4. The fourth-order valence-corrected chi connectivity index (χ4v) is 3.10. The van der Waals surface area contributed by atoms with Gasteiger partial charge in [0.2, 0.25) is 5.95 Å². The zero-order valence-electron chi connectivity index (χ0n) is 16.0. The van der Waals surface area contributed by atoms with Crippen LogP contribution < -0.4 is 10.2 Å². The summed E-state index contributed by atoms with van der Waals surface area (Å²) in [6, 6.07) is 18.9. The van der Waals surface area contributed by atoms with Gasteiger partial charge in [0.25, 0.3) is 0 Å². The van der Waals surface area contributed by atoms with E-state index in [1.54, 1.807) is 0 Å². The lowest BCUT2D eigenvalue weighted by molar-refractivity contribution is 0.809. The van der Waals surface area contributed by atoms with Gasteiger partial charge < -0.3 is 10.2 Å². The van der Waals surface area contributed by atoms with Crippen LogP contribution in [0.1, 0.15) is 29.3 Å². The second-order valence-corrected chi connectivity index (χ2v) is 6.69. The van der Waals surface area contributed by atoms with Crippen LogP contribution in [0.3, 0.4) is 0 Å². The summed E-state index contributed by atoms with van der Waals surface area (Å²) in [5.41, 5.74) is 5.69. The summed E-state index contributed by atoms with van der Waals surface area (Å²) in [5, 5.41) is 3.36. The van der Waals surface area contributed by atoms with Crippen LogP contribution in [0.15, 0.2) is 54.6 Å². The predicted octanol–water partition coefficient (Wildman–Crippen LogP) is 5.17. The Balaban J connectivity index is 1.86. The molecule has 2 aromatic carbocycles. The SMILES string of the molecule is CCN(Cc1ccccc1)c1cc(C)nc(Nc2cc(C)cc(C)c2)n1. The van der Waals surface area contributed by atoms with Crippen LogP contribution in [0, 0.1) is 20.8 Å².